The number of halogens is 1. The first-order valence-electron chi connectivity index (χ1n) is 13.2. The summed E-state index contributed by atoms with van der Waals surface area (Å²) in [5, 5.41) is 0. The zero-order valence-corrected chi connectivity index (χ0v) is 25.4. The van der Waals surface area contributed by atoms with Crippen LogP contribution in [0.4, 0.5) is 0 Å². The van der Waals surface area contributed by atoms with Gasteiger partial charge in [-0.2, -0.15) is 8.42 Å². The third kappa shape index (κ3) is 22.4. The second kappa shape index (κ2) is 26.8. The Balaban J connectivity index is 1.70. The molecule has 38 heavy (non-hydrogen) atoms. The molecule has 0 aliphatic heterocycles. The number of rotatable bonds is 29. The van der Waals surface area contributed by atoms with Gasteiger partial charge in [0.25, 0.3) is 10.1 Å². The van der Waals surface area contributed by atoms with Gasteiger partial charge in [-0.05, 0) is 29.4 Å². The van der Waals surface area contributed by atoms with Crippen LogP contribution in [0.1, 0.15) is 25.7 Å². The molecule has 10 nitrogen and oxygen atoms in total. The summed E-state index contributed by atoms with van der Waals surface area (Å²) in [6.07, 6.45) is 4.95. The molecule has 0 aliphatic rings. The van der Waals surface area contributed by atoms with E-state index in [1.807, 2.05) is 0 Å². The van der Waals surface area contributed by atoms with E-state index < -0.39 is 10.1 Å². The third-order valence-corrected chi connectivity index (χ3v) is 6.99. The van der Waals surface area contributed by atoms with Crippen LogP contribution >= 0.6 is 22.6 Å². The lowest BCUT2D eigenvalue weighted by atomic mass is 10.2. The molecule has 222 valence electrons. The molecule has 0 atom stereocenters. The van der Waals surface area contributed by atoms with Gasteiger partial charge >= 0.3 is 0 Å². The molecule has 0 fully saturated rings. The second-order valence-corrected chi connectivity index (χ2v) is 10.7. The SMILES string of the molecule is O=S(=O)(OCCOCCOCCOCCOCCOCCOCCOCCCCCCI)c1ccccc1. The van der Waals surface area contributed by atoms with Gasteiger partial charge in [0, 0.05) is 6.61 Å². The molecular weight excluding hydrogens is 631 g/mol. The van der Waals surface area contributed by atoms with Crippen LogP contribution in [0.15, 0.2) is 35.2 Å². The first kappa shape index (κ1) is 35.6. The average Bonchev–Trinajstić information content (AvgIpc) is 2.93. The van der Waals surface area contributed by atoms with E-state index in [-0.39, 0.29) is 18.1 Å². The van der Waals surface area contributed by atoms with Gasteiger partial charge in [0.1, 0.15) is 0 Å². The molecule has 12 heteroatoms. The van der Waals surface area contributed by atoms with Crippen molar-refractivity contribution in [2.45, 2.75) is 30.6 Å². The van der Waals surface area contributed by atoms with E-state index in [1.54, 1.807) is 18.2 Å². The molecule has 0 amide bonds. The maximum absolute atomic E-state index is 11.9. The van der Waals surface area contributed by atoms with Crippen molar-refractivity contribution in [2.24, 2.45) is 0 Å². The average molecular weight is 677 g/mol. The molecule has 0 heterocycles. The number of alkyl halides is 1. The fourth-order valence-corrected chi connectivity index (χ4v) is 4.38. The summed E-state index contributed by atoms with van der Waals surface area (Å²) in [6, 6.07) is 8.00. The van der Waals surface area contributed by atoms with Crippen LogP contribution < -0.4 is 0 Å². The molecule has 0 aliphatic carbocycles. The van der Waals surface area contributed by atoms with E-state index >= 15 is 0 Å². The molecule has 0 N–H and O–H groups in total. The summed E-state index contributed by atoms with van der Waals surface area (Å²) in [5.74, 6) is 0. The Hall–Kier alpha value is -0.420. The van der Waals surface area contributed by atoms with Gasteiger partial charge in [-0.3, -0.25) is 4.18 Å². The molecule has 0 unspecified atom stereocenters. The maximum atomic E-state index is 11.9. The summed E-state index contributed by atoms with van der Waals surface area (Å²) in [7, 11) is -3.74. The number of benzene rings is 1. The van der Waals surface area contributed by atoms with Crippen molar-refractivity contribution in [2.75, 3.05) is 104 Å². The van der Waals surface area contributed by atoms with Crippen LogP contribution in [0.3, 0.4) is 0 Å². The molecule has 0 spiro atoms. The van der Waals surface area contributed by atoms with Gasteiger partial charge in [0.15, 0.2) is 0 Å². The molecule has 0 radical (unpaired) electrons. The van der Waals surface area contributed by atoms with Crippen LogP contribution in [0.25, 0.3) is 0 Å². The van der Waals surface area contributed by atoms with Crippen molar-refractivity contribution >= 4 is 32.7 Å². The largest absolute Gasteiger partial charge is 0.379 e. The molecular formula is C26H45IO10S. The van der Waals surface area contributed by atoms with Gasteiger partial charge in [-0.15, -0.1) is 0 Å². The van der Waals surface area contributed by atoms with Crippen LogP contribution in [0.5, 0.6) is 0 Å². The minimum Gasteiger partial charge on any atom is -0.379 e. The number of hydrogen-bond acceptors (Lipinski definition) is 10. The third-order valence-electron chi connectivity index (χ3n) is 4.90. The van der Waals surface area contributed by atoms with Crippen molar-refractivity contribution in [3.63, 3.8) is 0 Å². The Morgan fingerprint density at radius 2 is 0.842 bits per heavy atom. The molecule has 0 aromatic heterocycles. The topological polar surface area (TPSA) is 108 Å². The second-order valence-electron chi connectivity index (χ2n) is 7.98. The minimum absolute atomic E-state index is 0.0478. The number of unbranched alkanes of at least 4 members (excludes halogenated alkanes) is 3. The lowest BCUT2D eigenvalue weighted by Gasteiger charge is -2.09. The minimum atomic E-state index is -3.74. The highest BCUT2D eigenvalue weighted by molar-refractivity contribution is 14.1. The van der Waals surface area contributed by atoms with Crippen LogP contribution in [0.2, 0.25) is 0 Å². The van der Waals surface area contributed by atoms with Gasteiger partial charge in [0.2, 0.25) is 0 Å². The molecule has 0 bridgehead atoms. The number of hydrogen-bond donors (Lipinski definition) is 0. The summed E-state index contributed by atoms with van der Waals surface area (Å²) in [5.41, 5.74) is 0. The summed E-state index contributed by atoms with van der Waals surface area (Å²) >= 11 is 2.41. The predicted octanol–water partition coefficient (Wildman–Crippen LogP) is 3.50. The fraction of sp³-hybridized carbons (Fsp3) is 0.769. The van der Waals surface area contributed by atoms with Crippen LogP contribution in [-0.4, -0.2) is 112 Å². The first-order chi connectivity index (χ1) is 18.7. The van der Waals surface area contributed by atoms with Crippen molar-refractivity contribution in [1.29, 1.82) is 0 Å². The fourth-order valence-electron chi connectivity index (χ4n) is 2.93. The molecule has 1 rings (SSSR count). The van der Waals surface area contributed by atoms with E-state index in [4.69, 9.17) is 37.3 Å². The Morgan fingerprint density at radius 1 is 0.474 bits per heavy atom. The Morgan fingerprint density at radius 3 is 1.26 bits per heavy atom. The van der Waals surface area contributed by atoms with E-state index in [9.17, 15) is 8.42 Å². The van der Waals surface area contributed by atoms with Crippen LogP contribution in [-0.2, 0) is 47.5 Å². The van der Waals surface area contributed by atoms with Crippen LogP contribution in [0, 0.1) is 0 Å². The van der Waals surface area contributed by atoms with E-state index in [2.05, 4.69) is 22.6 Å². The molecule has 1 aromatic rings. The molecule has 0 saturated carbocycles. The van der Waals surface area contributed by atoms with Crippen molar-refractivity contribution < 1.29 is 45.8 Å². The Kier molecular flexibility index (Phi) is 25.1. The summed E-state index contributed by atoms with van der Waals surface area (Å²) in [6.45, 7) is 6.87. The van der Waals surface area contributed by atoms with E-state index in [1.165, 1.54) is 35.8 Å². The normalized spacial score (nSPS) is 11.8. The van der Waals surface area contributed by atoms with Crippen molar-refractivity contribution in [1.82, 2.24) is 0 Å². The lowest BCUT2D eigenvalue weighted by molar-refractivity contribution is -0.0212. The lowest BCUT2D eigenvalue weighted by Crippen LogP contribution is -2.15. The quantitative estimate of drug-likeness (QED) is 0.0542. The highest BCUT2D eigenvalue weighted by Gasteiger charge is 2.13. The van der Waals surface area contributed by atoms with Gasteiger partial charge < -0.3 is 33.2 Å². The van der Waals surface area contributed by atoms with E-state index in [0.29, 0.717) is 79.3 Å². The summed E-state index contributed by atoms with van der Waals surface area (Å²) < 4.78 is 68.1. The van der Waals surface area contributed by atoms with Crippen molar-refractivity contribution in [3.8, 4) is 0 Å². The van der Waals surface area contributed by atoms with E-state index in [0.717, 1.165) is 13.0 Å². The highest BCUT2D eigenvalue weighted by Crippen LogP contribution is 2.10. The maximum Gasteiger partial charge on any atom is 0.297 e. The zero-order valence-electron chi connectivity index (χ0n) is 22.4. The van der Waals surface area contributed by atoms with Gasteiger partial charge in [0.05, 0.1) is 97.4 Å². The zero-order chi connectivity index (χ0) is 27.4. The Bertz CT molecular complexity index is 724. The first-order valence-corrected chi connectivity index (χ1v) is 16.1. The predicted molar refractivity (Wildman–Crippen MR) is 153 cm³/mol. The molecule has 0 saturated heterocycles. The standard InChI is InChI=1S/C26H45IO10S/c27-10-6-1-2-7-11-30-12-13-31-14-15-32-16-17-33-18-19-34-20-21-35-22-23-36-24-25-37-38(28,29)26-8-4-3-5-9-26/h3-5,8-9H,1-2,6-7,10-25H2. The van der Waals surface area contributed by atoms with Gasteiger partial charge in [-0.25, -0.2) is 0 Å². The summed E-state index contributed by atoms with van der Waals surface area (Å²) in [4.78, 5) is 0.128. The Labute approximate surface area is 242 Å². The number of ether oxygens (including phenoxy) is 7. The molecule has 1 aromatic carbocycles. The smallest absolute Gasteiger partial charge is 0.297 e. The van der Waals surface area contributed by atoms with Gasteiger partial charge in [-0.1, -0.05) is 53.6 Å². The highest BCUT2D eigenvalue weighted by atomic mass is 127. The van der Waals surface area contributed by atoms with Crippen molar-refractivity contribution in [3.05, 3.63) is 30.3 Å². The monoisotopic (exact) mass is 676 g/mol.